The summed E-state index contributed by atoms with van der Waals surface area (Å²) in [5.41, 5.74) is 3.58. The fourth-order valence-electron chi connectivity index (χ4n) is 3.40. The molecule has 0 N–H and O–H groups in total. The average molecular weight is 354 g/mol. The van der Waals surface area contributed by atoms with E-state index in [4.69, 9.17) is 4.74 Å². The van der Waals surface area contributed by atoms with Gasteiger partial charge in [0.05, 0.1) is 5.56 Å². The lowest BCUT2D eigenvalue weighted by Crippen LogP contribution is -2.37. The number of nitrogens with zero attached hydrogens (tertiary/aromatic N) is 2. The number of esters is 1. The Morgan fingerprint density at radius 3 is 2.50 bits per heavy atom. The molecule has 5 nitrogen and oxygen atoms in total. The first kappa shape index (κ1) is 18.2. The molecule has 1 amide bonds. The predicted octanol–water partition coefficient (Wildman–Crippen LogP) is 3.64. The van der Waals surface area contributed by atoms with Crippen molar-refractivity contribution < 1.29 is 14.3 Å². The Balaban J connectivity index is 1.63. The normalized spacial score (nSPS) is 14.8. The van der Waals surface area contributed by atoms with Crippen LogP contribution >= 0.6 is 0 Å². The molecule has 1 aromatic heterocycles. The summed E-state index contributed by atoms with van der Waals surface area (Å²) in [5, 5.41) is 0. The molecule has 0 aliphatic heterocycles. The Bertz CT molecular complexity index is 806. The monoisotopic (exact) mass is 354 g/mol. The number of hydrogen-bond donors (Lipinski definition) is 0. The summed E-state index contributed by atoms with van der Waals surface area (Å²) in [6, 6.07) is 12.1. The minimum atomic E-state index is -0.819. The van der Waals surface area contributed by atoms with Crippen LogP contribution in [-0.2, 0) is 16.1 Å². The Morgan fingerprint density at radius 1 is 1.23 bits per heavy atom. The van der Waals surface area contributed by atoms with E-state index in [0.717, 1.165) is 29.8 Å². The van der Waals surface area contributed by atoms with Gasteiger partial charge < -0.3 is 14.2 Å². The summed E-state index contributed by atoms with van der Waals surface area (Å²) in [6.45, 7) is 6.06. The Kier molecular flexibility index (Phi) is 5.16. The van der Waals surface area contributed by atoms with Crippen LogP contribution in [0.4, 0.5) is 0 Å². The maximum atomic E-state index is 12.6. The maximum Gasteiger partial charge on any atom is 0.340 e. The molecule has 1 atom stereocenters. The number of likely N-dealkylation sites (N-methyl/N-ethyl adjacent to an activating group) is 1. The van der Waals surface area contributed by atoms with Gasteiger partial charge in [0.1, 0.15) is 0 Å². The minimum absolute atomic E-state index is 0.210. The molecular weight excluding hydrogens is 328 g/mol. The highest BCUT2D eigenvalue weighted by Crippen LogP contribution is 2.38. The molecule has 1 saturated carbocycles. The Morgan fingerprint density at radius 2 is 1.88 bits per heavy atom. The molecule has 0 bridgehead atoms. The average Bonchev–Trinajstić information content (AvgIpc) is 3.39. The third kappa shape index (κ3) is 3.82. The highest BCUT2D eigenvalue weighted by molar-refractivity contribution is 5.93. The summed E-state index contributed by atoms with van der Waals surface area (Å²) in [7, 11) is 1.72. The number of carbonyl (C=O) groups is 2. The van der Waals surface area contributed by atoms with E-state index in [1.54, 1.807) is 18.9 Å². The van der Waals surface area contributed by atoms with Gasteiger partial charge in [-0.05, 0) is 45.2 Å². The minimum Gasteiger partial charge on any atom is -0.449 e. The molecule has 1 fully saturated rings. The van der Waals surface area contributed by atoms with Gasteiger partial charge in [0.15, 0.2) is 6.10 Å². The van der Waals surface area contributed by atoms with Crippen LogP contribution in [0.5, 0.6) is 0 Å². The lowest BCUT2D eigenvalue weighted by atomic mass is 10.2. The van der Waals surface area contributed by atoms with Crippen molar-refractivity contribution in [1.82, 2.24) is 9.47 Å². The number of carbonyl (C=O) groups excluding carboxylic acids is 2. The molecule has 1 aromatic carbocycles. The van der Waals surface area contributed by atoms with Crippen LogP contribution in [0.3, 0.4) is 0 Å². The highest BCUT2D eigenvalue weighted by Gasteiger charge is 2.30. The molecule has 1 aliphatic rings. The first-order valence-electron chi connectivity index (χ1n) is 9.06. The van der Waals surface area contributed by atoms with Gasteiger partial charge in [0.25, 0.3) is 5.91 Å². The SMILES string of the molecule is Cc1cc(C(=O)O[C@@H](C)C(=O)N(C)Cc2ccccc2)c(C)n1C1CC1. The van der Waals surface area contributed by atoms with Crippen molar-refractivity contribution in [2.45, 2.75) is 52.3 Å². The second-order valence-corrected chi connectivity index (χ2v) is 7.11. The number of rotatable bonds is 6. The van der Waals surface area contributed by atoms with Crippen molar-refractivity contribution in [2.24, 2.45) is 0 Å². The van der Waals surface area contributed by atoms with E-state index in [9.17, 15) is 9.59 Å². The number of ether oxygens (including phenoxy) is 1. The predicted molar refractivity (Wildman–Crippen MR) is 100.0 cm³/mol. The summed E-state index contributed by atoms with van der Waals surface area (Å²) in [4.78, 5) is 26.7. The third-order valence-corrected chi connectivity index (χ3v) is 4.89. The van der Waals surface area contributed by atoms with E-state index < -0.39 is 12.1 Å². The lowest BCUT2D eigenvalue weighted by molar-refractivity contribution is -0.139. The number of aryl methyl sites for hydroxylation is 1. The van der Waals surface area contributed by atoms with Crippen LogP contribution in [0.2, 0.25) is 0 Å². The molecule has 5 heteroatoms. The van der Waals surface area contributed by atoms with Crippen molar-refractivity contribution in [3.05, 3.63) is 58.9 Å². The molecule has 0 radical (unpaired) electrons. The van der Waals surface area contributed by atoms with E-state index in [1.807, 2.05) is 50.2 Å². The number of amides is 1. The first-order chi connectivity index (χ1) is 12.4. The van der Waals surface area contributed by atoms with Gasteiger partial charge in [-0.25, -0.2) is 4.79 Å². The van der Waals surface area contributed by atoms with Crippen LogP contribution in [0.25, 0.3) is 0 Å². The van der Waals surface area contributed by atoms with E-state index in [0.29, 0.717) is 18.2 Å². The molecular formula is C21H26N2O3. The van der Waals surface area contributed by atoms with Crippen molar-refractivity contribution >= 4 is 11.9 Å². The van der Waals surface area contributed by atoms with Crippen molar-refractivity contribution in [3.8, 4) is 0 Å². The van der Waals surface area contributed by atoms with E-state index in [-0.39, 0.29) is 5.91 Å². The lowest BCUT2D eigenvalue weighted by Gasteiger charge is -2.21. The van der Waals surface area contributed by atoms with Gasteiger partial charge >= 0.3 is 5.97 Å². The number of aromatic nitrogens is 1. The fraction of sp³-hybridized carbons (Fsp3) is 0.429. The molecule has 2 aromatic rings. The topological polar surface area (TPSA) is 51.5 Å². The van der Waals surface area contributed by atoms with Crippen LogP contribution in [0.15, 0.2) is 36.4 Å². The summed E-state index contributed by atoms with van der Waals surface area (Å²) < 4.78 is 7.66. The van der Waals surface area contributed by atoms with E-state index >= 15 is 0 Å². The van der Waals surface area contributed by atoms with Crippen LogP contribution in [0.1, 0.15) is 53.1 Å². The van der Waals surface area contributed by atoms with Gasteiger partial charge in [-0.1, -0.05) is 30.3 Å². The molecule has 3 rings (SSSR count). The number of hydrogen-bond acceptors (Lipinski definition) is 3. The summed E-state index contributed by atoms with van der Waals surface area (Å²) in [5.74, 6) is -0.642. The standard InChI is InChI=1S/C21H26N2O3/c1-14-12-19(15(2)23(14)18-10-11-18)21(25)26-16(3)20(24)22(4)13-17-8-6-5-7-9-17/h5-9,12,16,18H,10-11,13H2,1-4H3/t16-/m0/s1. The second-order valence-electron chi connectivity index (χ2n) is 7.11. The van der Waals surface area contributed by atoms with Gasteiger partial charge in [0, 0.05) is 31.0 Å². The smallest absolute Gasteiger partial charge is 0.340 e. The van der Waals surface area contributed by atoms with Gasteiger partial charge in [-0.3, -0.25) is 4.79 Å². The van der Waals surface area contributed by atoms with Gasteiger partial charge in [0.2, 0.25) is 0 Å². The fourth-order valence-corrected chi connectivity index (χ4v) is 3.40. The summed E-state index contributed by atoms with van der Waals surface area (Å²) in [6.07, 6.45) is 1.49. The quantitative estimate of drug-likeness (QED) is 0.744. The Hall–Kier alpha value is -2.56. The molecule has 0 unspecified atom stereocenters. The zero-order chi connectivity index (χ0) is 18.8. The second kappa shape index (κ2) is 7.36. The molecule has 0 spiro atoms. The maximum absolute atomic E-state index is 12.6. The zero-order valence-corrected chi connectivity index (χ0v) is 15.9. The summed E-state index contributed by atoms with van der Waals surface area (Å²) >= 11 is 0. The molecule has 1 aliphatic carbocycles. The van der Waals surface area contributed by atoms with Crippen molar-refractivity contribution in [1.29, 1.82) is 0 Å². The zero-order valence-electron chi connectivity index (χ0n) is 15.9. The van der Waals surface area contributed by atoms with Crippen LogP contribution in [0, 0.1) is 13.8 Å². The van der Waals surface area contributed by atoms with Gasteiger partial charge in [-0.15, -0.1) is 0 Å². The molecule has 138 valence electrons. The first-order valence-corrected chi connectivity index (χ1v) is 9.06. The van der Waals surface area contributed by atoms with E-state index in [2.05, 4.69) is 4.57 Å². The molecule has 1 heterocycles. The highest BCUT2D eigenvalue weighted by atomic mass is 16.5. The van der Waals surface area contributed by atoms with E-state index in [1.165, 1.54) is 0 Å². The molecule has 0 saturated heterocycles. The number of benzene rings is 1. The van der Waals surface area contributed by atoms with Gasteiger partial charge in [-0.2, -0.15) is 0 Å². The Labute approximate surface area is 154 Å². The van der Waals surface area contributed by atoms with Crippen molar-refractivity contribution in [2.75, 3.05) is 7.05 Å². The third-order valence-electron chi connectivity index (χ3n) is 4.89. The molecule has 26 heavy (non-hydrogen) atoms. The van der Waals surface area contributed by atoms with Crippen LogP contribution < -0.4 is 0 Å². The van der Waals surface area contributed by atoms with Crippen LogP contribution in [-0.4, -0.2) is 34.5 Å². The largest absolute Gasteiger partial charge is 0.449 e. The van der Waals surface area contributed by atoms with Crippen molar-refractivity contribution in [3.63, 3.8) is 0 Å².